The average Bonchev–Trinajstić information content (AvgIpc) is 3.40. The molecule has 33 heavy (non-hydrogen) atoms. The molecular formula is C26H26N4OS2. The minimum Gasteiger partial charge on any atom is -0.286 e. The summed E-state index contributed by atoms with van der Waals surface area (Å²) in [5, 5.41) is 6.52. The number of thiophene rings is 1. The molecule has 0 radical (unpaired) electrons. The molecule has 0 unspecified atom stereocenters. The number of benzene rings is 2. The SMILES string of the molecule is Cc1nn(-c2ccccc2)c2sc(C(=O)N3CCCSC3=Nc3ccccc3C(C)C)cc12. The average molecular weight is 475 g/mol. The van der Waals surface area contributed by atoms with Crippen molar-refractivity contribution in [2.75, 3.05) is 12.3 Å². The van der Waals surface area contributed by atoms with Gasteiger partial charge < -0.3 is 0 Å². The molecule has 4 aromatic rings. The Kier molecular flexibility index (Phi) is 6.08. The molecule has 5 rings (SSSR count). The van der Waals surface area contributed by atoms with Crippen molar-refractivity contribution in [2.24, 2.45) is 4.99 Å². The van der Waals surface area contributed by atoms with Gasteiger partial charge >= 0.3 is 0 Å². The lowest BCUT2D eigenvalue weighted by molar-refractivity contribution is 0.0854. The first-order valence-electron chi connectivity index (χ1n) is 11.2. The number of thioether (sulfide) groups is 1. The Morgan fingerprint density at radius 2 is 1.85 bits per heavy atom. The molecule has 5 nitrogen and oxygen atoms in total. The molecule has 0 N–H and O–H groups in total. The highest BCUT2D eigenvalue weighted by Gasteiger charge is 2.27. The van der Waals surface area contributed by atoms with Crippen LogP contribution >= 0.6 is 23.1 Å². The lowest BCUT2D eigenvalue weighted by Crippen LogP contribution is -2.38. The van der Waals surface area contributed by atoms with Gasteiger partial charge in [-0.15, -0.1) is 11.3 Å². The first-order chi connectivity index (χ1) is 16.0. The molecule has 0 bridgehead atoms. The first kappa shape index (κ1) is 21.9. The monoisotopic (exact) mass is 474 g/mol. The number of hydrogen-bond acceptors (Lipinski definition) is 5. The molecule has 0 atom stereocenters. The molecule has 2 aromatic carbocycles. The minimum absolute atomic E-state index is 0.0168. The van der Waals surface area contributed by atoms with Crippen molar-refractivity contribution in [1.29, 1.82) is 0 Å². The summed E-state index contributed by atoms with van der Waals surface area (Å²) in [5.74, 6) is 1.36. The molecule has 1 amide bonds. The van der Waals surface area contributed by atoms with Gasteiger partial charge in [0.2, 0.25) is 0 Å². The molecular weight excluding hydrogens is 448 g/mol. The number of hydrogen-bond donors (Lipinski definition) is 0. The Morgan fingerprint density at radius 1 is 1.09 bits per heavy atom. The van der Waals surface area contributed by atoms with Crippen molar-refractivity contribution in [2.45, 2.75) is 33.1 Å². The Bertz CT molecular complexity index is 1340. The van der Waals surface area contributed by atoms with E-state index < -0.39 is 0 Å². The zero-order valence-corrected chi connectivity index (χ0v) is 20.6. The first-order valence-corrected chi connectivity index (χ1v) is 13.0. The van der Waals surface area contributed by atoms with Crippen molar-refractivity contribution in [3.8, 4) is 5.69 Å². The van der Waals surface area contributed by atoms with Crippen LogP contribution in [0.3, 0.4) is 0 Å². The van der Waals surface area contributed by atoms with Gasteiger partial charge in [0, 0.05) is 17.7 Å². The maximum Gasteiger partial charge on any atom is 0.270 e. The van der Waals surface area contributed by atoms with Gasteiger partial charge in [0.15, 0.2) is 5.17 Å². The van der Waals surface area contributed by atoms with E-state index in [2.05, 4.69) is 19.9 Å². The highest BCUT2D eigenvalue weighted by molar-refractivity contribution is 8.13. The van der Waals surface area contributed by atoms with Crippen LogP contribution in [0, 0.1) is 6.92 Å². The smallest absolute Gasteiger partial charge is 0.270 e. The second kappa shape index (κ2) is 9.15. The highest BCUT2D eigenvalue weighted by Crippen LogP contribution is 2.34. The molecule has 0 aliphatic carbocycles. The van der Waals surface area contributed by atoms with Gasteiger partial charge in [0.1, 0.15) is 4.83 Å². The normalized spacial score (nSPS) is 15.6. The molecule has 1 aliphatic rings. The fourth-order valence-corrected chi connectivity index (χ4v) is 6.13. The Labute approximate surface area is 202 Å². The predicted octanol–water partition coefficient (Wildman–Crippen LogP) is 6.79. The Balaban J connectivity index is 1.52. The summed E-state index contributed by atoms with van der Waals surface area (Å²) in [5.41, 5.74) is 4.07. The number of aliphatic imine (C=N–C) groups is 1. The zero-order valence-electron chi connectivity index (χ0n) is 19.0. The van der Waals surface area contributed by atoms with E-state index >= 15 is 0 Å². The van der Waals surface area contributed by atoms with Crippen molar-refractivity contribution >= 4 is 50.1 Å². The molecule has 3 heterocycles. The van der Waals surface area contributed by atoms with E-state index in [1.54, 1.807) is 11.8 Å². The number of nitrogens with zero attached hydrogens (tertiary/aromatic N) is 4. The number of aryl methyl sites for hydroxylation is 1. The largest absolute Gasteiger partial charge is 0.286 e. The Morgan fingerprint density at radius 3 is 2.64 bits per heavy atom. The van der Waals surface area contributed by atoms with Crippen LogP contribution in [0.25, 0.3) is 15.9 Å². The predicted molar refractivity (Wildman–Crippen MR) is 139 cm³/mol. The van der Waals surface area contributed by atoms with Gasteiger partial charge in [-0.3, -0.25) is 9.69 Å². The highest BCUT2D eigenvalue weighted by atomic mass is 32.2. The van der Waals surface area contributed by atoms with Crippen molar-refractivity contribution in [1.82, 2.24) is 14.7 Å². The summed E-state index contributed by atoms with van der Waals surface area (Å²) in [4.78, 5) is 22.2. The number of para-hydroxylation sites is 2. The van der Waals surface area contributed by atoms with E-state index in [-0.39, 0.29) is 5.91 Å². The van der Waals surface area contributed by atoms with Gasteiger partial charge in [-0.2, -0.15) is 5.10 Å². The van der Waals surface area contributed by atoms with Crippen molar-refractivity contribution in [3.63, 3.8) is 0 Å². The Hall–Kier alpha value is -2.90. The van der Waals surface area contributed by atoms with Crippen LogP contribution in [0.1, 0.15) is 47.1 Å². The molecule has 1 aliphatic heterocycles. The summed E-state index contributed by atoms with van der Waals surface area (Å²) in [6.45, 7) is 7.03. The third-order valence-electron chi connectivity index (χ3n) is 5.76. The van der Waals surface area contributed by atoms with Gasteiger partial charge in [0.25, 0.3) is 5.91 Å². The van der Waals surface area contributed by atoms with Gasteiger partial charge in [-0.25, -0.2) is 9.67 Å². The summed E-state index contributed by atoms with van der Waals surface area (Å²) in [7, 11) is 0. The minimum atomic E-state index is 0.0168. The summed E-state index contributed by atoms with van der Waals surface area (Å²) in [6, 6.07) is 20.3. The number of carbonyl (C=O) groups excluding carboxylic acids is 1. The number of amidine groups is 1. The number of aromatic nitrogens is 2. The molecule has 0 saturated carbocycles. The standard InChI is InChI=1S/C26H26N4OS2/c1-17(2)20-12-7-8-13-22(20)27-26-29(14-9-15-32-26)24(31)23-16-21-18(3)28-30(25(21)33-23)19-10-5-4-6-11-19/h4-8,10-13,16-17H,9,14-15H2,1-3H3. The second-order valence-corrected chi connectivity index (χ2v) is 10.5. The van der Waals surface area contributed by atoms with Crippen molar-refractivity contribution in [3.05, 3.63) is 76.8 Å². The van der Waals surface area contributed by atoms with Crippen LogP contribution in [0.2, 0.25) is 0 Å². The number of fused-ring (bicyclic) bond motifs is 1. The third-order valence-corrected chi connectivity index (χ3v) is 7.93. The molecule has 2 aromatic heterocycles. The van der Waals surface area contributed by atoms with Crippen LogP contribution in [0.4, 0.5) is 5.69 Å². The fraction of sp³-hybridized carbons (Fsp3) is 0.269. The van der Waals surface area contributed by atoms with E-state index in [4.69, 9.17) is 10.1 Å². The maximum absolute atomic E-state index is 13.7. The van der Waals surface area contributed by atoms with Crippen molar-refractivity contribution < 1.29 is 4.79 Å². The van der Waals surface area contributed by atoms with E-state index in [9.17, 15) is 4.79 Å². The number of carbonyl (C=O) groups is 1. The number of amides is 1. The molecule has 0 spiro atoms. The van der Waals surface area contributed by atoms with Crippen LogP contribution in [-0.4, -0.2) is 38.1 Å². The molecule has 168 valence electrons. The topological polar surface area (TPSA) is 50.5 Å². The molecule has 7 heteroatoms. The summed E-state index contributed by atoms with van der Waals surface area (Å²) < 4.78 is 1.94. The van der Waals surface area contributed by atoms with E-state index in [1.807, 2.05) is 71.1 Å². The van der Waals surface area contributed by atoms with Gasteiger partial charge in [-0.05, 0) is 49.1 Å². The quantitative estimate of drug-likeness (QED) is 0.327. The zero-order chi connectivity index (χ0) is 22.9. The lowest BCUT2D eigenvalue weighted by Gasteiger charge is -2.27. The summed E-state index contributed by atoms with van der Waals surface area (Å²) in [6.07, 6.45) is 0.961. The van der Waals surface area contributed by atoms with Gasteiger partial charge in [0.05, 0.1) is 21.9 Å². The van der Waals surface area contributed by atoms with E-state index in [0.717, 1.165) is 49.5 Å². The summed E-state index contributed by atoms with van der Waals surface area (Å²) >= 11 is 3.17. The molecule has 1 fully saturated rings. The number of rotatable bonds is 4. The van der Waals surface area contributed by atoms with E-state index in [1.165, 1.54) is 16.9 Å². The maximum atomic E-state index is 13.7. The van der Waals surface area contributed by atoms with Crippen LogP contribution in [0.5, 0.6) is 0 Å². The van der Waals surface area contributed by atoms with Crippen LogP contribution in [-0.2, 0) is 0 Å². The second-order valence-electron chi connectivity index (χ2n) is 8.43. The third kappa shape index (κ3) is 4.23. The van der Waals surface area contributed by atoms with Crippen LogP contribution in [0.15, 0.2) is 65.7 Å². The van der Waals surface area contributed by atoms with Crippen LogP contribution < -0.4 is 0 Å². The fourth-order valence-electron chi connectivity index (χ4n) is 4.05. The van der Waals surface area contributed by atoms with E-state index in [0.29, 0.717) is 12.5 Å². The molecule has 1 saturated heterocycles. The lowest BCUT2D eigenvalue weighted by atomic mass is 10.0. The van der Waals surface area contributed by atoms with Gasteiger partial charge in [-0.1, -0.05) is 62.0 Å².